The van der Waals surface area contributed by atoms with E-state index in [-0.39, 0.29) is 24.1 Å². The van der Waals surface area contributed by atoms with Gasteiger partial charge in [-0.05, 0) is 66.1 Å². The van der Waals surface area contributed by atoms with Gasteiger partial charge in [0.05, 0.1) is 13.8 Å². The van der Waals surface area contributed by atoms with Crippen LogP contribution in [-0.4, -0.2) is 55.1 Å². The molecule has 3 aromatic carbocycles. The van der Waals surface area contributed by atoms with Gasteiger partial charge in [0.1, 0.15) is 30.0 Å². The normalized spacial score (nSPS) is 17.8. The minimum Gasteiger partial charge on any atom is -0.508 e. The van der Waals surface area contributed by atoms with Crippen molar-refractivity contribution in [3.63, 3.8) is 0 Å². The van der Waals surface area contributed by atoms with Crippen LogP contribution >= 0.6 is 0 Å². The highest BCUT2D eigenvalue weighted by Crippen LogP contribution is 2.48. The van der Waals surface area contributed by atoms with Gasteiger partial charge in [0.2, 0.25) is 0 Å². The molecule has 6 nitrogen and oxygen atoms in total. The minimum absolute atomic E-state index is 0.0609. The Morgan fingerprint density at radius 1 is 1.03 bits per heavy atom. The van der Waals surface area contributed by atoms with Crippen LogP contribution in [0, 0.1) is 5.92 Å². The Bertz CT molecular complexity index is 1270. The minimum atomic E-state index is -0.413. The molecule has 0 spiro atoms. The molecule has 0 aliphatic carbocycles. The predicted octanol–water partition coefficient (Wildman–Crippen LogP) is 5.45. The van der Waals surface area contributed by atoms with Crippen molar-refractivity contribution >= 4 is 11.1 Å². The first-order valence-electron chi connectivity index (χ1n) is 12.1. The van der Waals surface area contributed by atoms with E-state index >= 15 is 0 Å². The summed E-state index contributed by atoms with van der Waals surface area (Å²) in [5.74, 6) is 2.22. The summed E-state index contributed by atoms with van der Waals surface area (Å²) in [7, 11) is 1.52. The Morgan fingerprint density at radius 3 is 2.53 bits per heavy atom. The van der Waals surface area contributed by atoms with Crippen molar-refractivity contribution < 1.29 is 28.8 Å². The Labute approximate surface area is 210 Å². The molecule has 0 bridgehead atoms. The first kappa shape index (κ1) is 24.0. The number of aromatic hydroxyl groups is 2. The molecule has 1 saturated heterocycles. The first-order chi connectivity index (χ1) is 17.5. The van der Waals surface area contributed by atoms with Gasteiger partial charge in [-0.15, -0.1) is 0 Å². The highest BCUT2D eigenvalue weighted by molar-refractivity contribution is 5.96. The zero-order valence-electron chi connectivity index (χ0n) is 20.4. The monoisotopic (exact) mass is 491 g/mol. The summed E-state index contributed by atoms with van der Waals surface area (Å²) in [6.45, 7) is 4.68. The van der Waals surface area contributed by atoms with Gasteiger partial charge in [-0.2, -0.15) is 0 Å². The van der Waals surface area contributed by atoms with Gasteiger partial charge in [-0.25, -0.2) is 0 Å². The summed E-state index contributed by atoms with van der Waals surface area (Å²) in [5.41, 5.74) is 4.49. The van der Waals surface area contributed by atoms with Gasteiger partial charge in [-0.3, -0.25) is 9.29 Å². The molecular weight excluding hydrogens is 461 g/mol. The summed E-state index contributed by atoms with van der Waals surface area (Å²) in [5, 5.41) is 20.2. The van der Waals surface area contributed by atoms with Crippen molar-refractivity contribution in [2.75, 3.05) is 40.0 Å². The standard InChI is InChI=1S/C29H30FNO5/c1-18-24-14-22(32)6-10-26(24)36-29(28(18)21-5-9-25(33)27(13-21)34-2)20-3-7-23(8-4-20)35-12-11-31-16-19(15-30)17-31/h3-10,13-14,19,29,32-33H,11-12,15-17H2,1-2H3. The molecule has 36 heavy (non-hydrogen) atoms. The Morgan fingerprint density at radius 2 is 1.81 bits per heavy atom. The summed E-state index contributed by atoms with van der Waals surface area (Å²) in [6, 6.07) is 18.1. The van der Waals surface area contributed by atoms with Crippen molar-refractivity contribution in [2.24, 2.45) is 5.92 Å². The fraction of sp³-hybridized carbons (Fsp3) is 0.310. The fourth-order valence-corrected chi connectivity index (χ4v) is 4.88. The summed E-state index contributed by atoms with van der Waals surface area (Å²) < 4.78 is 30.3. The highest BCUT2D eigenvalue weighted by Gasteiger charge is 2.30. The van der Waals surface area contributed by atoms with Gasteiger partial charge in [0.25, 0.3) is 0 Å². The number of hydrogen-bond donors (Lipinski definition) is 2. The smallest absolute Gasteiger partial charge is 0.161 e. The second-order valence-electron chi connectivity index (χ2n) is 9.30. The predicted molar refractivity (Wildman–Crippen MR) is 136 cm³/mol. The average Bonchev–Trinajstić information content (AvgIpc) is 2.86. The number of nitrogens with zero attached hydrogens (tertiary/aromatic N) is 1. The maximum atomic E-state index is 12.6. The molecule has 5 rings (SSSR count). The van der Waals surface area contributed by atoms with Gasteiger partial charge >= 0.3 is 0 Å². The van der Waals surface area contributed by atoms with Crippen LogP contribution in [0.5, 0.6) is 28.7 Å². The molecule has 188 valence electrons. The molecule has 0 saturated carbocycles. The lowest BCUT2D eigenvalue weighted by Crippen LogP contribution is -2.49. The molecule has 2 aliphatic heterocycles. The Balaban J connectivity index is 1.41. The van der Waals surface area contributed by atoms with Crippen LogP contribution in [0.2, 0.25) is 0 Å². The zero-order chi connectivity index (χ0) is 25.2. The molecule has 2 heterocycles. The maximum absolute atomic E-state index is 12.6. The third-order valence-electron chi connectivity index (χ3n) is 6.88. The number of phenolic OH excluding ortho intramolecular Hbond substituents is 2. The number of fused-ring (bicyclic) bond motifs is 1. The van der Waals surface area contributed by atoms with Crippen molar-refractivity contribution in [1.29, 1.82) is 0 Å². The first-order valence-corrected chi connectivity index (χ1v) is 12.1. The van der Waals surface area contributed by atoms with Crippen LogP contribution in [0.15, 0.2) is 60.7 Å². The largest absolute Gasteiger partial charge is 0.508 e. The number of hydrogen-bond acceptors (Lipinski definition) is 6. The van der Waals surface area contributed by atoms with E-state index in [9.17, 15) is 14.6 Å². The van der Waals surface area contributed by atoms with E-state index in [4.69, 9.17) is 14.2 Å². The lowest BCUT2D eigenvalue weighted by molar-refractivity contribution is 0.0668. The van der Waals surface area contributed by atoms with E-state index in [1.165, 1.54) is 7.11 Å². The number of phenols is 2. The van der Waals surface area contributed by atoms with Crippen LogP contribution in [0.4, 0.5) is 4.39 Å². The zero-order valence-corrected chi connectivity index (χ0v) is 20.4. The molecule has 3 aromatic rings. The van der Waals surface area contributed by atoms with Gasteiger partial charge in [0, 0.05) is 36.7 Å². The second-order valence-corrected chi connectivity index (χ2v) is 9.30. The highest BCUT2D eigenvalue weighted by atomic mass is 19.1. The number of benzene rings is 3. The third kappa shape index (κ3) is 4.71. The van der Waals surface area contributed by atoms with Crippen LogP contribution in [0.3, 0.4) is 0 Å². The number of ether oxygens (including phenoxy) is 3. The molecule has 2 aliphatic rings. The van der Waals surface area contributed by atoms with Gasteiger partial charge in [0.15, 0.2) is 11.5 Å². The van der Waals surface area contributed by atoms with Gasteiger partial charge < -0.3 is 24.4 Å². The van der Waals surface area contributed by atoms with Gasteiger partial charge in [-0.1, -0.05) is 18.2 Å². The Hall–Kier alpha value is -3.71. The van der Waals surface area contributed by atoms with E-state index in [1.54, 1.807) is 30.3 Å². The second kappa shape index (κ2) is 10.1. The van der Waals surface area contributed by atoms with E-state index in [2.05, 4.69) is 4.90 Å². The van der Waals surface area contributed by atoms with E-state index in [0.29, 0.717) is 18.1 Å². The lowest BCUT2D eigenvalue weighted by atomic mass is 9.86. The number of alkyl halides is 1. The van der Waals surface area contributed by atoms with E-state index < -0.39 is 6.10 Å². The van der Waals surface area contributed by atoms with Crippen molar-refractivity contribution in [3.8, 4) is 28.7 Å². The maximum Gasteiger partial charge on any atom is 0.161 e. The van der Waals surface area contributed by atoms with E-state index in [1.807, 2.05) is 37.3 Å². The number of likely N-dealkylation sites (tertiary alicyclic amines) is 1. The molecule has 7 heteroatoms. The number of rotatable bonds is 8. The molecule has 1 fully saturated rings. The Kier molecular flexibility index (Phi) is 6.74. The molecule has 2 N–H and O–H groups in total. The lowest BCUT2D eigenvalue weighted by Gasteiger charge is -2.37. The molecular formula is C29H30FNO5. The topological polar surface area (TPSA) is 71.4 Å². The summed E-state index contributed by atoms with van der Waals surface area (Å²) in [4.78, 5) is 2.19. The van der Waals surface area contributed by atoms with Crippen LogP contribution < -0.4 is 14.2 Å². The number of allylic oxidation sites excluding steroid dienone is 1. The average molecular weight is 492 g/mol. The van der Waals surface area contributed by atoms with E-state index in [0.717, 1.165) is 53.2 Å². The summed E-state index contributed by atoms with van der Waals surface area (Å²) in [6.07, 6.45) is -0.413. The van der Waals surface area contributed by atoms with Crippen LogP contribution in [-0.2, 0) is 0 Å². The molecule has 0 aromatic heterocycles. The molecule has 0 amide bonds. The summed E-state index contributed by atoms with van der Waals surface area (Å²) >= 11 is 0. The van der Waals surface area contributed by atoms with Crippen LogP contribution in [0.25, 0.3) is 11.1 Å². The molecule has 1 atom stereocenters. The molecule has 1 unspecified atom stereocenters. The van der Waals surface area contributed by atoms with Crippen LogP contribution in [0.1, 0.15) is 29.7 Å². The quantitative estimate of drug-likeness (QED) is 0.437. The van der Waals surface area contributed by atoms with Crippen molar-refractivity contribution in [2.45, 2.75) is 13.0 Å². The van der Waals surface area contributed by atoms with Crippen molar-refractivity contribution in [3.05, 3.63) is 77.4 Å². The number of methoxy groups -OCH3 is 1. The third-order valence-corrected chi connectivity index (χ3v) is 6.88. The number of halogens is 1. The fourth-order valence-electron chi connectivity index (χ4n) is 4.88. The SMILES string of the molecule is COc1cc(C2=C(C)c3cc(O)ccc3OC2c2ccc(OCCN3CC(CF)C3)cc2)ccc1O. The molecule has 0 radical (unpaired) electrons. The van der Waals surface area contributed by atoms with Crippen molar-refractivity contribution in [1.82, 2.24) is 4.90 Å².